The van der Waals surface area contributed by atoms with Gasteiger partial charge in [-0.15, -0.1) is 0 Å². The summed E-state index contributed by atoms with van der Waals surface area (Å²) < 4.78 is 22.8. The molecule has 1 saturated heterocycles. The molecule has 0 saturated carbocycles. The van der Waals surface area contributed by atoms with Gasteiger partial charge in [-0.25, -0.2) is 8.42 Å². The van der Waals surface area contributed by atoms with Crippen molar-refractivity contribution in [2.75, 3.05) is 24.6 Å². The molecule has 0 aromatic heterocycles. The molecule has 84 valence electrons. The third kappa shape index (κ3) is 2.59. The first-order valence-electron chi connectivity index (χ1n) is 5.26. The molecule has 2 aliphatic rings. The third-order valence-corrected chi connectivity index (χ3v) is 4.63. The SMILES string of the molecule is O=C1C=C(N2CCCS(=O)(=O)CC2)CC1. The van der Waals surface area contributed by atoms with Gasteiger partial charge in [0, 0.05) is 31.3 Å². The highest BCUT2D eigenvalue weighted by Gasteiger charge is 2.23. The van der Waals surface area contributed by atoms with Gasteiger partial charge in [-0.2, -0.15) is 0 Å². The fraction of sp³-hybridized carbons (Fsp3) is 0.700. The predicted octanol–water partition coefficient (Wildman–Crippen LogP) is 0.354. The van der Waals surface area contributed by atoms with Gasteiger partial charge in [-0.1, -0.05) is 0 Å². The van der Waals surface area contributed by atoms with Crippen LogP contribution in [-0.4, -0.2) is 43.7 Å². The highest BCUT2D eigenvalue weighted by Crippen LogP contribution is 2.21. The lowest BCUT2D eigenvalue weighted by molar-refractivity contribution is -0.114. The molecule has 1 aliphatic carbocycles. The molecule has 4 nitrogen and oxygen atoms in total. The minimum atomic E-state index is -2.85. The fourth-order valence-electron chi connectivity index (χ4n) is 2.06. The predicted molar refractivity (Wildman–Crippen MR) is 57.2 cm³/mol. The Kier molecular flexibility index (Phi) is 2.82. The molecule has 5 heteroatoms. The molecule has 0 aromatic rings. The topological polar surface area (TPSA) is 54.5 Å². The van der Waals surface area contributed by atoms with Crippen molar-refractivity contribution in [3.8, 4) is 0 Å². The van der Waals surface area contributed by atoms with Crippen LogP contribution in [-0.2, 0) is 14.6 Å². The minimum absolute atomic E-state index is 0.164. The van der Waals surface area contributed by atoms with Crippen LogP contribution in [0, 0.1) is 0 Å². The molecule has 0 aromatic carbocycles. The van der Waals surface area contributed by atoms with Gasteiger partial charge in [-0.3, -0.25) is 4.79 Å². The van der Waals surface area contributed by atoms with E-state index in [1.54, 1.807) is 6.08 Å². The van der Waals surface area contributed by atoms with E-state index in [2.05, 4.69) is 4.90 Å². The number of sulfone groups is 1. The number of allylic oxidation sites excluding steroid dienone is 2. The van der Waals surface area contributed by atoms with Crippen LogP contribution in [0.15, 0.2) is 11.8 Å². The Morgan fingerprint density at radius 1 is 1.13 bits per heavy atom. The number of rotatable bonds is 1. The maximum Gasteiger partial charge on any atom is 0.157 e. The number of hydrogen-bond donors (Lipinski definition) is 0. The van der Waals surface area contributed by atoms with E-state index in [0.717, 1.165) is 18.7 Å². The molecule has 0 spiro atoms. The lowest BCUT2D eigenvalue weighted by Gasteiger charge is -2.22. The van der Waals surface area contributed by atoms with E-state index in [1.807, 2.05) is 0 Å². The Morgan fingerprint density at radius 3 is 2.60 bits per heavy atom. The molecule has 1 fully saturated rings. The van der Waals surface area contributed by atoms with E-state index in [1.165, 1.54) is 0 Å². The molecule has 1 heterocycles. The van der Waals surface area contributed by atoms with Gasteiger partial charge in [-0.05, 0) is 12.8 Å². The van der Waals surface area contributed by atoms with Gasteiger partial charge in [0.1, 0.15) is 0 Å². The summed E-state index contributed by atoms with van der Waals surface area (Å²) in [5, 5.41) is 0. The second-order valence-electron chi connectivity index (χ2n) is 4.09. The largest absolute Gasteiger partial charge is 0.374 e. The van der Waals surface area contributed by atoms with Crippen LogP contribution in [0.4, 0.5) is 0 Å². The van der Waals surface area contributed by atoms with Gasteiger partial charge >= 0.3 is 0 Å². The van der Waals surface area contributed by atoms with Crippen LogP contribution in [0.2, 0.25) is 0 Å². The summed E-state index contributed by atoms with van der Waals surface area (Å²) in [6.07, 6.45) is 3.70. The second-order valence-corrected chi connectivity index (χ2v) is 6.40. The molecule has 0 amide bonds. The fourth-order valence-corrected chi connectivity index (χ4v) is 3.33. The molecule has 15 heavy (non-hydrogen) atoms. The Hall–Kier alpha value is -0.840. The Bertz CT molecular complexity index is 397. The van der Waals surface area contributed by atoms with Crippen LogP contribution in [0.5, 0.6) is 0 Å². The van der Waals surface area contributed by atoms with Crippen molar-refractivity contribution in [1.82, 2.24) is 4.90 Å². The van der Waals surface area contributed by atoms with E-state index in [9.17, 15) is 13.2 Å². The molecule has 1 aliphatic heterocycles. The standard InChI is InChI=1S/C10H15NO3S/c12-10-3-2-9(8-10)11-4-1-6-15(13,14)7-5-11/h8H,1-7H2. The number of carbonyl (C=O) groups excluding carboxylic acids is 1. The normalized spacial score (nSPS) is 26.3. The molecule has 0 unspecified atom stereocenters. The third-order valence-electron chi connectivity index (χ3n) is 2.92. The van der Waals surface area contributed by atoms with E-state index in [0.29, 0.717) is 19.4 Å². The van der Waals surface area contributed by atoms with E-state index >= 15 is 0 Å². The van der Waals surface area contributed by atoms with Crippen molar-refractivity contribution in [1.29, 1.82) is 0 Å². The van der Waals surface area contributed by atoms with Gasteiger partial charge < -0.3 is 4.90 Å². The summed E-state index contributed by atoms with van der Waals surface area (Å²) >= 11 is 0. The summed E-state index contributed by atoms with van der Waals surface area (Å²) in [4.78, 5) is 13.1. The highest BCUT2D eigenvalue weighted by atomic mass is 32.2. The minimum Gasteiger partial charge on any atom is -0.374 e. The first-order valence-corrected chi connectivity index (χ1v) is 7.08. The second kappa shape index (κ2) is 3.96. The van der Waals surface area contributed by atoms with E-state index in [4.69, 9.17) is 0 Å². The zero-order chi connectivity index (χ0) is 10.9. The van der Waals surface area contributed by atoms with Crippen molar-refractivity contribution in [2.45, 2.75) is 19.3 Å². The maximum absolute atomic E-state index is 11.4. The average Bonchev–Trinajstić information content (AvgIpc) is 2.49. The van der Waals surface area contributed by atoms with Crippen molar-refractivity contribution >= 4 is 15.6 Å². The average molecular weight is 229 g/mol. The molecular formula is C10H15NO3S. The van der Waals surface area contributed by atoms with Crippen LogP contribution < -0.4 is 0 Å². The lowest BCUT2D eigenvalue weighted by atomic mass is 10.3. The first-order chi connectivity index (χ1) is 7.07. The van der Waals surface area contributed by atoms with Crippen LogP contribution in [0.1, 0.15) is 19.3 Å². The van der Waals surface area contributed by atoms with Crippen LogP contribution in [0.3, 0.4) is 0 Å². The van der Waals surface area contributed by atoms with Gasteiger partial charge in [0.25, 0.3) is 0 Å². The van der Waals surface area contributed by atoms with Gasteiger partial charge in [0.2, 0.25) is 0 Å². The monoisotopic (exact) mass is 229 g/mol. The summed E-state index contributed by atoms with van der Waals surface area (Å²) in [7, 11) is -2.85. The van der Waals surface area contributed by atoms with Crippen LogP contribution in [0.25, 0.3) is 0 Å². The maximum atomic E-state index is 11.4. The zero-order valence-corrected chi connectivity index (χ0v) is 9.42. The number of hydrogen-bond acceptors (Lipinski definition) is 4. The molecule has 0 N–H and O–H groups in total. The van der Waals surface area contributed by atoms with Crippen molar-refractivity contribution in [3.63, 3.8) is 0 Å². The number of carbonyl (C=O) groups is 1. The number of ketones is 1. The zero-order valence-electron chi connectivity index (χ0n) is 8.61. The van der Waals surface area contributed by atoms with Crippen molar-refractivity contribution < 1.29 is 13.2 Å². The Labute approximate surface area is 89.9 Å². The molecule has 0 radical (unpaired) electrons. The first kappa shape index (κ1) is 10.7. The van der Waals surface area contributed by atoms with Gasteiger partial charge in [0.15, 0.2) is 15.6 Å². The molecular weight excluding hydrogens is 214 g/mol. The van der Waals surface area contributed by atoms with E-state index in [-0.39, 0.29) is 17.3 Å². The lowest BCUT2D eigenvalue weighted by Crippen LogP contribution is -2.25. The quantitative estimate of drug-likeness (QED) is 0.651. The summed E-state index contributed by atoms with van der Waals surface area (Å²) in [6, 6.07) is 0. The van der Waals surface area contributed by atoms with Gasteiger partial charge in [0.05, 0.1) is 11.5 Å². The van der Waals surface area contributed by atoms with Crippen molar-refractivity contribution in [2.24, 2.45) is 0 Å². The number of nitrogens with zero attached hydrogens (tertiary/aromatic N) is 1. The highest BCUT2D eigenvalue weighted by molar-refractivity contribution is 7.91. The van der Waals surface area contributed by atoms with Crippen LogP contribution >= 0.6 is 0 Å². The summed E-state index contributed by atoms with van der Waals surface area (Å²) in [5.74, 6) is 0.667. The smallest absolute Gasteiger partial charge is 0.157 e. The summed E-state index contributed by atoms with van der Waals surface area (Å²) in [5.41, 5.74) is 1.03. The Balaban J connectivity index is 2.06. The molecule has 2 rings (SSSR count). The molecule has 0 bridgehead atoms. The summed E-state index contributed by atoms with van der Waals surface area (Å²) in [6.45, 7) is 1.31. The van der Waals surface area contributed by atoms with E-state index < -0.39 is 9.84 Å². The Morgan fingerprint density at radius 2 is 1.93 bits per heavy atom. The molecule has 0 atom stereocenters. The van der Waals surface area contributed by atoms with Crippen molar-refractivity contribution in [3.05, 3.63) is 11.8 Å².